The molecule has 0 radical (unpaired) electrons. The third-order valence-corrected chi connectivity index (χ3v) is 3.11. The van der Waals surface area contributed by atoms with Gasteiger partial charge in [0.05, 0.1) is 44.6 Å². The van der Waals surface area contributed by atoms with Crippen molar-refractivity contribution in [3.63, 3.8) is 0 Å². The molecule has 0 aromatic carbocycles. The van der Waals surface area contributed by atoms with Crippen LogP contribution in [0.1, 0.15) is 13.8 Å². The molecule has 2 saturated heterocycles. The molecular weight excluding hydrogens is 224 g/mol. The first-order chi connectivity index (χ1) is 7.95. The Bertz CT molecular complexity index is 329. The topological polar surface area (TPSA) is 83.7 Å². The number of morpholine rings is 1. The van der Waals surface area contributed by atoms with Gasteiger partial charge in [-0.3, -0.25) is 5.32 Å². The average Bonchev–Trinajstić information content (AvgIpc) is 2.34. The van der Waals surface area contributed by atoms with Gasteiger partial charge in [-0.1, -0.05) is 0 Å². The fraction of sp³-hybridized carbons (Fsp3) is 0.909. The predicted molar refractivity (Wildman–Crippen MR) is 58.1 cm³/mol. The summed E-state index contributed by atoms with van der Waals surface area (Å²) in [6.45, 7) is 4.75. The van der Waals surface area contributed by atoms with Crippen LogP contribution >= 0.6 is 0 Å². The van der Waals surface area contributed by atoms with Gasteiger partial charge in [-0.2, -0.15) is 5.26 Å². The van der Waals surface area contributed by atoms with Gasteiger partial charge in [0, 0.05) is 0 Å². The molecule has 2 N–H and O–H groups in total. The zero-order valence-corrected chi connectivity index (χ0v) is 10.2. The SMILES string of the molecule is CC1(C)OCC2(COCC(C#N)(CO)N2)CO1. The highest BCUT2D eigenvalue weighted by Crippen LogP contribution is 2.28. The van der Waals surface area contributed by atoms with E-state index in [0.29, 0.717) is 19.8 Å². The van der Waals surface area contributed by atoms with Crippen molar-refractivity contribution in [3.05, 3.63) is 0 Å². The van der Waals surface area contributed by atoms with E-state index in [-0.39, 0.29) is 13.2 Å². The summed E-state index contributed by atoms with van der Waals surface area (Å²) in [6, 6.07) is 2.06. The summed E-state index contributed by atoms with van der Waals surface area (Å²) in [5.74, 6) is -0.612. The Morgan fingerprint density at radius 3 is 2.41 bits per heavy atom. The Morgan fingerprint density at radius 1 is 1.24 bits per heavy atom. The van der Waals surface area contributed by atoms with E-state index in [0.717, 1.165) is 0 Å². The standard InChI is InChI=1S/C11H18N2O4/c1-9(2)16-7-11(8-17-9)6-15-5-10(3-12,4-14)13-11/h13-14H,4-8H2,1-2H3. The monoisotopic (exact) mass is 242 g/mol. The summed E-state index contributed by atoms with van der Waals surface area (Å²) in [6.07, 6.45) is 0. The van der Waals surface area contributed by atoms with Gasteiger partial charge < -0.3 is 19.3 Å². The quantitative estimate of drug-likeness (QED) is 0.637. The Morgan fingerprint density at radius 2 is 1.88 bits per heavy atom. The van der Waals surface area contributed by atoms with Gasteiger partial charge in [0.2, 0.25) is 0 Å². The van der Waals surface area contributed by atoms with Gasteiger partial charge in [0.15, 0.2) is 11.3 Å². The Balaban J connectivity index is 2.10. The summed E-state index contributed by atoms with van der Waals surface area (Å²) in [7, 11) is 0. The number of rotatable bonds is 1. The number of aliphatic hydroxyl groups is 1. The molecule has 2 aliphatic rings. The molecule has 2 heterocycles. The number of nitrogens with zero attached hydrogens (tertiary/aromatic N) is 1. The molecule has 0 aromatic heterocycles. The second kappa shape index (κ2) is 4.19. The third-order valence-electron chi connectivity index (χ3n) is 3.11. The fourth-order valence-electron chi connectivity index (χ4n) is 2.04. The van der Waals surface area contributed by atoms with E-state index < -0.39 is 16.9 Å². The summed E-state index contributed by atoms with van der Waals surface area (Å²) in [4.78, 5) is 0. The summed E-state index contributed by atoms with van der Waals surface area (Å²) in [5.41, 5.74) is -1.61. The Labute approximate surface area is 100 Å². The third kappa shape index (κ3) is 2.44. The van der Waals surface area contributed by atoms with Crippen LogP contribution in [0.15, 0.2) is 0 Å². The van der Waals surface area contributed by atoms with Crippen molar-refractivity contribution in [2.45, 2.75) is 30.7 Å². The van der Waals surface area contributed by atoms with Crippen LogP contribution in [0.5, 0.6) is 0 Å². The molecular formula is C11H18N2O4. The minimum atomic E-state index is -1.06. The van der Waals surface area contributed by atoms with Crippen LogP contribution in [0.4, 0.5) is 0 Å². The summed E-state index contributed by atoms with van der Waals surface area (Å²) in [5, 5.41) is 21.6. The number of ether oxygens (including phenoxy) is 3. The smallest absolute Gasteiger partial charge is 0.162 e. The molecule has 0 aromatic rings. The highest BCUT2D eigenvalue weighted by atomic mass is 16.7. The highest BCUT2D eigenvalue weighted by molar-refractivity contribution is 5.14. The number of nitriles is 1. The van der Waals surface area contributed by atoms with Crippen LogP contribution in [-0.4, -0.2) is 55.0 Å². The van der Waals surface area contributed by atoms with Crippen molar-refractivity contribution in [1.29, 1.82) is 5.26 Å². The lowest BCUT2D eigenvalue weighted by molar-refractivity contribution is -0.285. The molecule has 2 fully saturated rings. The van der Waals surface area contributed by atoms with Crippen molar-refractivity contribution in [2.75, 3.05) is 33.0 Å². The van der Waals surface area contributed by atoms with Gasteiger partial charge in [-0.15, -0.1) is 0 Å². The van der Waals surface area contributed by atoms with Crippen LogP contribution in [0.3, 0.4) is 0 Å². The molecule has 0 amide bonds. The van der Waals surface area contributed by atoms with Crippen molar-refractivity contribution < 1.29 is 19.3 Å². The molecule has 2 rings (SSSR count). The van der Waals surface area contributed by atoms with E-state index >= 15 is 0 Å². The molecule has 1 atom stereocenters. The molecule has 17 heavy (non-hydrogen) atoms. The molecule has 6 heteroatoms. The van der Waals surface area contributed by atoms with Crippen molar-refractivity contribution in [1.82, 2.24) is 5.32 Å². The number of aliphatic hydroxyl groups excluding tert-OH is 1. The van der Waals surface area contributed by atoms with Gasteiger partial charge in [0.25, 0.3) is 0 Å². The Hall–Kier alpha value is -0.710. The first-order valence-electron chi connectivity index (χ1n) is 5.62. The second-order valence-corrected chi connectivity index (χ2v) is 5.23. The average molecular weight is 242 g/mol. The maximum Gasteiger partial charge on any atom is 0.162 e. The van der Waals surface area contributed by atoms with Gasteiger partial charge in [-0.25, -0.2) is 0 Å². The van der Waals surface area contributed by atoms with E-state index in [9.17, 15) is 5.11 Å². The van der Waals surface area contributed by atoms with Crippen LogP contribution in [0, 0.1) is 11.3 Å². The van der Waals surface area contributed by atoms with Crippen LogP contribution in [0.25, 0.3) is 0 Å². The normalized spacial score (nSPS) is 35.4. The second-order valence-electron chi connectivity index (χ2n) is 5.23. The van der Waals surface area contributed by atoms with E-state index in [4.69, 9.17) is 19.5 Å². The van der Waals surface area contributed by atoms with Gasteiger partial charge >= 0.3 is 0 Å². The minimum Gasteiger partial charge on any atom is -0.393 e. The fourth-order valence-corrected chi connectivity index (χ4v) is 2.04. The van der Waals surface area contributed by atoms with E-state index in [1.165, 1.54) is 0 Å². The zero-order valence-electron chi connectivity index (χ0n) is 10.2. The molecule has 6 nitrogen and oxygen atoms in total. The molecule has 1 spiro atoms. The number of hydrogen-bond acceptors (Lipinski definition) is 6. The van der Waals surface area contributed by atoms with Gasteiger partial charge in [-0.05, 0) is 13.8 Å². The lowest BCUT2D eigenvalue weighted by atomic mass is 9.92. The van der Waals surface area contributed by atoms with Crippen molar-refractivity contribution in [2.24, 2.45) is 0 Å². The van der Waals surface area contributed by atoms with Gasteiger partial charge in [0.1, 0.15) is 0 Å². The predicted octanol–water partition coefficient (Wildman–Crippen LogP) is -0.617. The minimum absolute atomic E-state index is 0.172. The number of nitrogens with one attached hydrogen (secondary N) is 1. The van der Waals surface area contributed by atoms with E-state index in [1.54, 1.807) is 0 Å². The van der Waals surface area contributed by atoms with Crippen LogP contribution in [-0.2, 0) is 14.2 Å². The Kier molecular flexibility index (Phi) is 3.14. The van der Waals surface area contributed by atoms with Crippen LogP contribution in [0.2, 0.25) is 0 Å². The van der Waals surface area contributed by atoms with Crippen LogP contribution < -0.4 is 5.32 Å². The molecule has 1 unspecified atom stereocenters. The van der Waals surface area contributed by atoms with E-state index in [2.05, 4.69) is 11.4 Å². The molecule has 0 saturated carbocycles. The number of hydrogen-bond donors (Lipinski definition) is 2. The van der Waals surface area contributed by atoms with Crippen molar-refractivity contribution in [3.8, 4) is 6.07 Å². The molecule has 0 aliphatic carbocycles. The first-order valence-corrected chi connectivity index (χ1v) is 5.62. The van der Waals surface area contributed by atoms with Crippen molar-refractivity contribution >= 4 is 0 Å². The van der Waals surface area contributed by atoms with E-state index in [1.807, 2.05) is 13.8 Å². The highest BCUT2D eigenvalue weighted by Gasteiger charge is 2.49. The lowest BCUT2D eigenvalue weighted by Gasteiger charge is -2.49. The largest absolute Gasteiger partial charge is 0.393 e. The maximum absolute atomic E-state index is 9.31. The molecule has 2 aliphatic heterocycles. The molecule has 96 valence electrons. The summed E-state index contributed by atoms with van der Waals surface area (Å²) >= 11 is 0. The first kappa shape index (κ1) is 12.7. The summed E-state index contributed by atoms with van der Waals surface area (Å²) < 4.78 is 16.6. The zero-order chi connectivity index (χ0) is 12.6. The lowest BCUT2D eigenvalue weighted by Crippen LogP contribution is -2.73. The molecule has 0 bridgehead atoms. The maximum atomic E-state index is 9.31.